The fraction of sp³-hybridized carbons (Fsp3) is 0.333. The van der Waals surface area contributed by atoms with Crippen LogP contribution in [0.2, 0.25) is 0 Å². The van der Waals surface area contributed by atoms with E-state index in [1.165, 1.54) is 25.4 Å². The summed E-state index contributed by atoms with van der Waals surface area (Å²) in [6.45, 7) is 4.80. The number of esters is 2. The summed E-state index contributed by atoms with van der Waals surface area (Å²) in [5, 5.41) is 2.47. The number of nitrogens with one attached hydrogen (secondary N) is 1. The molecule has 34 heavy (non-hydrogen) atoms. The summed E-state index contributed by atoms with van der Waals surface area (Å²) >= 11 is 1.38. The average Bonchev–Trinajstić information content (AvgIpc) is 3.40. The molecule has 2 heterocycles. The highest BCUT2D eigenvalue weighted by Gasteiger charge is 2.27. The van der Waals surface area contributed by atoms with Gasteiger partial charge in [-0.25, -0.2) is 9.78 Å². The van der Waals surface area contributed by atoms with Gasteiger partial charge in [0.05, 0.1) is 44.7 Å². The molecule has 2 aromatic heterocycles. The van der Waals surface area contributed by atoms with Crippen molar-refractivity contribution in [2.45, 2.75) is 33.3 Å². The maximum absolute atomic E-state index is 12.8. The standard InChI is InChI=1S/C24H26N2O7S/c1-12-20(24(29)32-6)13(2)25-21(12)22(28)14(3)33-19(27)10-16-11-34-23(26-16)15-7-8-17(30-4)18(9-15)31-5/h7-9,11,14,25H,10H2,1-6H3. The maximum Gasteiger partial charge on any atom is 0.339 e. The number of H-pyrrole nitrogens is 1. The van der Waals surface area contributed by atoms with Crippen LogP contribution in [-0.2, 0) is 20.7 Å². The number of ether oxygens (including phenoxy) is 4. The summed E-state index contributed by atoms with van der Waals surface area (Å²) in [4.78, 5) is 44.7. The number of thiazole rings is 1. The van der Waals surface area contributed by atoms with Crippen LogP contribution in [0.1, 0.15) is 44.7 Å². The van der Waals surface area contributed by atoms with Crippen molar-refractivity contribution in [2.24, 2.45) is 0 Å². The molecule has 0 radical (unpaired) electrons. The molecule has 0 aliphatic carbocycles. The van der Waals surface area contributed by atoms with E-state index in [9.17, 15) is 14.4 Å². The molecule has 180 valence electrons. The first kappa shape index (κ1) is 25.0. The number of hydrogen-bond donors (Lipinski definition) is 1. The van der Waals surface area contributed by atoms with Crippen LogP contribution in [0.5, 0.6) is 11.5 Å². The Kier molecular flexibility index (Phi) is 7.72. The molecule has 0 amide bonds. The second-order valence-electron chi connectivity index (χ2n) is 7.50. The van der Waals surface area contributed by atoms with Gasteiger partial charge in [0.2, 0.25) is 5.78 Å². The molecular formula is C24H26N2O7S. The number of aromatic amines is 1. The van der Waals surface area contributed by atoms with E-state index in [0.29, 0.717) is 39.0 Å². The van der Waals surface area contributed by atoms with Crippen LogP contribution in [0, 0.1) is 13.8 Å². The number of Topliss-reactive ketones (excluding diaryl/α,β-unsaturated/α-hetero) is 1. The van der Waals surface area contributed by atoms with Crippen molar-refractivity contribution >= 4 is 29.1 Å². The summed E-state index contributed by atoms with van der Waals surface area (Å²) < 4.78 is 20.7. The number of carbonyl (C=O) groups excluding carboxylic acids is 3. The molecule has 1 unspecified atom stereocenters. The van der Waals surface area contributed by atoms with Gasteiger partial charge in [-0.15, -0.1) is 11.3 Å². The molecule has 0 saturated heterocycles. The molecule has 9 nitrogen and oxygen atoms in total. The largest absolute Gasteiger partial charge is 0.493 e. The van der Waals surface area contributed by atoms with Crippen LogP contribution in [0.3, 0.4) is 0 Å². The number of carbonyl (C=O) groups is 3. The lowest BCUT2D eigenvalue weighted by molar-refractivity contribution is -0.145. The molecule has 10 heteroatoms. The predicted molar refractivity (Wildman–Crippen MR) is 126 cm³/mol. The Bertz CT molecular complexity index is 1230. The summed E-state index contributed by atoms with van der Waals surface area (Å²) in [5.41, 5.74) is 2.83. The molecule has 0 fully saturated rings. The number of ketones is 1. The molecule has 0 aliphatic rings. The molecular weight excluding hydrogens is 460 g/mol. The van der Waals surface area contributed by atoms with Crippen LogP contribution in [0.4, 0.5) is 0 Å². The van der Waals surface area contributed by atoms with E-state index in [2.05, 4.69) is 9.97 Å². The normalized spacial score (nSPS) is 11.6. The van der Waals surface area contributed by atoms with Gasteiger partial charge >= 0.3 is 11.9 Å². The van der Waals surface area contributed by atoms with Crippen LogP contribution in [0.15, 0.2) is 23.6 Å². The number of methoxy groups -OCH3 is 3. The van der Waals surface area contributed by atoms with Crippen molar-refractivity contribution in [3.05, 3.63) is 51.8 Å². The van der Waals surface area contributed by atoms with Crippen LogP contribution >= 0.6 is 11.3 Å². The fourth-order valence-corrected chi connectivity index (χ4v) is 4.35. The summed E-state index contributed by atoms with van der Waals surface area (Å²) in [6, 6.07) is 5.45. The van der Waals surface area contributed by atoms with Gasteiger partial charge in [-0.3, -0.25) is 9.59 Å². The Morgan fingerprint density at radius 3 is 2.44 bits per heavy atom. The van der Waals surface area contributed by atoms with Crippen LogP contribution in [-0.4, -0.2) is 55.1 Å². The number of nitrogens with zero attached hydrogens (tertiary/aromatic N) is 1. The van der Waals surface area contributed by atoms with Gasteiger partial charge in [0.1, 0.15) is 5.01 Å². The van der Waals surface area contributed by atoms with Crippen molar-refractivity contribution in [3.63, 3.8) is 0 Å². The fourth-order valence-electron chi connectivity index (χ4n) is 3.54. The molecule has 0 spiro atoms. The number of rotatable bonds is 9. The first-order chi connectivity index (χ1) is 16.2. The highest BCUT2D eigenvalue weighted by atomic mass is 32.1. The third-order valence-electron chi connectivity index (χ3n) is 5.26. The Hall–Kier alpha value is -3.66. The lowest BCUT2D eigenvalue weighted by Crippen LogP contribution is -2.26. The minimum absolute atomic E-state index is 0.0858. The van der Waals surface area contributed by atoms with Crippen molar-refractivity contribution in [3.8, 4) is 22.1 Å². The zero-order valence-electron chi connectivity index (χ0n) is 19.8. The van der Waals surface area contributed by atoms with Crippen LogP contribution in [0.25, 0.3) is 10.6 Å². The highest BCUT2D eigenvalue weighted by molar-refractivity contribution is 7.13. The van der Waals surface area contributed by atoms with Crippen molar-refractivity contribution in [2.75, 3.05) is 21.3 Å². The second kappa shape index (κ2) is 10.5. The molecule has 0 bridgehead atoms. The molecule has 1 aromatic carbocycles. The SMILES string of the molecule is COC(=O)c1c(C)[nH]c(C(=O)C(C)OC(=O)Cc2csc(-c3ccc(OC)c(OC)c3)n2)c1C. The zero-order chi connectivity index (χ0) is 25.0. The minimum atomic E-state index is -1.04. The molecule has 0 saturated carbocycles. The first-order valence-electron chi connectivity index (χ1n) is 10.4. The Balaban J connectivity index is 1.67. The Labute approximate surface area is 201 Å². The van der Waals surface area contributed by atoms with E-state index < -0.39 is 23.8 Å². The summed E-state index contributed by atoms with van der Waals surface area (Å²) in [5.74, 6) is -0.374. The predicted octanol–water partition coefficient (Wildman–Crippen LogP) is 3.92. The molecule has 1 N–H and O–H groups in total. The average molecular weight is 487 g/mol. The van der Waals surface area contributed by atoms with Crippen molar-refractivity contribution < 1.29 is 33.3 Å². The van der Waals surface area contributed by atoms with E-state index in [0.717, 1.165) is 5.56 Å². The van der Waals surface area contributed by atoms with Gasteiger partial charge in [0, 0.05) is 16.6 Å². The van der Waals surface area contributed by atoms with E-state index in [-0.39, 0.29) is 12.1 Å². The number of aromatic nitrogens is 2. The van der Waals surface area contributed by atoms with Crippen molar-refractivity contribution in [1.82, 2.24) is 9.97 Å². The molecule has 0 aliphatic heterocycles. The van der Waals surface area contributed by atoms with E-state index >= 15 is 0 Å². The first-order valence-corrected chi connectivity index (χ1v) is 11.3. The number of benzene rings is 1. The van der Waals surface area contributed by atoms with E-state index in [4.69, 9.17) is 18.9 Å². The van der Waals surface area contributed by atoms with E-state index in [1.54, 1.807) is 39.5 Å². The number of hydrogen-bond acceptors (Lipinski definition) is 9. The quantitative estimate of drug-likeness (QED) is 0.357. The maximum atomic E-state index is 12.8. The summed E-state index contributed by atoms with van der Waals surface area (Å²) in [7, 11) is 4.39. The van der Waals surface area contributed by atoms with Gasteiger partial charge in [-0.05, 0) is 44.5 Å². The van der Waals surface area contributed by atoms with Crippen molar-refractivity contribution in [1.29, 1.82) is 0 Å². The van der Waals surface area contributed by atoms with Gasteiger partial charge in [0.25, 0.3) is 0 Å². The molecule has 1 atom stereocenters. The highest BCUT2D eigenvalue weighted by Crippen LogP contribution is 2.33. The third-order valence-corrected chi connectivity index (χ3v) is 6.20. The van der Waals surface area contributed by atoms with Crippen LogP contribution < -0.4 is 9.47 Å². The topological polar surface area (TPSA) is 117 Å². The minimum Gasteiger partial charge on any atom is -0.493 e. The van der Waals surface area contributed by atoms with Gasteiger partial charge < -0.3 is 23.9 Å². The lowest BCUT2D eigenvalue weighted by Gasteiger charge is -2.12. The molecule has 3 rings (SSSR count). The lowest BCUT2D eigenvalue weighted by atomic mass is 10.1. The number of aryl methyl sites for hydroxylation is 1. The van der Waals surface area contributed by atoms with Gasteiger partial charge in [0.15, 0.2) is 17.6 Å². The zero-order valence-corrected chi connectivity index (χ0v) is 20.6. The Morgan fingerprint density at radius 2 is 1.79 bits per heavy atom. The van der Waals surface area contributed by atoms with Gasteiger partial charge in [-0.2, -0.15) is 0 Å². The Morgan fingerprint density at radius 1 is 1.09 bits per heavy atom. The summed E-state index contributed by atoms with van der Waals surface area (Å²) in [6.07, 6.45) is -1.13. The second-order valence-corrected chi connectivity index (χ2v) is 8.36. The van der Waals surface area contributed by atoms with E-state index in [1.807, 2.05) is 12.1 Å². The monoisotopic (exact) mass is 486 g/mol. The van der Waals surface area contributed by atoms with Gasteiger partial charge in [-0.1, -0.05) is 0 Å². The third kappa shape index (κ3) is 5.12. The smallest absolute Gasteiger partial charge is 0.339 e. The molecule has 3 aromatic rings.